The number of nitrogens with zero attached hydrogens (tertiary/aromatic N) is 1. The molecule has 0 spiro atoms. The molecule has 3 nitrogen and oxygen atoms in total. The van der Waals surface area contributed by atoms with E-state index in [0.717, 1.165) is 44.0 Å². The first-order valence-electron chi connectivity index (χ1n) is 6.29. The van der Waals surface area contributed by atoms with E-state index >= 15 is 0 Å². The lowest BCUT2D eigenvalue weighted by Crippen LogP contribution is -2.52. The molecule has 2 heterocycles. The lowest BCUT2D eigenvalue weighted by Gasteiger charge is -2.39. The van der Waals surface area contributed by atoms with Crippen LogP contribution in [0.3, 0.4) is 0 Å². The fourth-order valence-corrected chi connectivity index (χ4v) is 3.73. The second-order valence-corrected chi connectivity index (χ2v) is 6.13. The maximum atomic E-state index is 12.6. The summed E-state index contributed by atoms with van der Waals surface area (Å²) in [5.41, 5.74) is -0.101. The Bertz CT molecular complexity index is 264. The fourth-order valence-electron chi connectivity index (χ4n) is 2.71. The molecule has 92 valence electrons. The smallest absolute Gasteiger partial charge is 0.230 e. The van der Waals surface area contributed by atoms with E-state index in [1.54, 1.807) is 0 Å². The first-order valence-corrected chi connectivity index (χ1v) is 7.44. The third kappa shape index (κ3) is 2.09. The van der Waals surface area contributed by atoms with E-state index in [4.69, 9.17) is 0 Å². The van der Waals surface area contributed by atoms with Gasteiger partial charge in [-0.15, -0.1) is 0 Å². The Labute approximate surface area is 102 Å². The molecule has 0 aromatic carbocycles. The largest absolute Gasteiger partial charge is 0.338 e. The Morgan fingerprint density at radius 3 is 3.00 bits per heavy atom. The number of nitrogens with one attached hydrogen (secondary N) is 1. The molecule has 2 saturated heterocycles. The molecule has 1 N–H and O–H groups in total. The monoisotopic (exact) mass is 242 g/mol. The molecule has 16 heavy (non-hydrogen) atoms. The molecule has 2 unspecified atom stereocenters. The van der Waals surface area contributed by atoms with Gasteiger partial charge in [0.25, 0.3) is 0 Å². The van der Waals surface area contributed by atoms with E-state index in [9.17, 15) is 4.79 Å². The van der Waals surface area contributed by atoms with Crippen LogP contribution in [-0.4, -0.2) is 48.0 Å². The van der Waals surface area contributed by atoms with E-state index in [1.807, 2.05) is 11.8 Å². The summed E-state index contributed by atoms with van der Waals surface area (Å²) < 4.78 is 0. The molecule has 2 atom stereocenters. The normalized spacial score (nSPS) is 35.4. The average Bonchev–Trinajstić information content (AvgIpc) is 2.78. The van der Waals surface area contributed by atoms with Gasteiger partial charge in [-0.3, -0.25) is 4.79 Å². The SMILES string of the molecule is CCC1(C(=O)N2CCSCC2C)CCNC1. The summed E-state index contributed by atoms with van der Waals surface area (Å²) in [6, 6.07) is 0.412. The standard InChI is InChI=1S/C12H22N2OS/c1-3-12(4-5-13-9-12)11(15)14-6-7-16-8-10(14)2/h10,13H,3-9H2,1-2H3. The van der Waals surface area contributed by atoms with Crippen molar-refractivity contribution in [3.63, 3.8) is 0 Å². The van der Waals surface area contributed by atoms with Crippen LogP contribution in [0.25, 0.3) is 0 Å². The van der Waals surface area contributed by atoms with Crippen LogP contribution in [0.15, 0.2) is 0 Å². The van der Waals surface area contributed by atoms with Gasteiger partial charge in [0.15, 0.2) is 0 Å². The molecule has 1 amide bonds. The number of hydrogen-bond donors (Lipinski definition) is 1. The summed E-state index contributed by atoms with van der Waals surface area (Å²) in [7, 11) is 0. The first-order chi connectivity index (χ1) is 7.69. The van der Waals surface area contributed by atoms with Crippen LogP contribution in [-0.2, 0) is 4.79 Å². The van der Waals surface area contributed by atoms with E-state index in [2.05, 4.69) is 24.1 Å². The van der Waals surface area contributed by atoms with Crippen LogP contribution < -0.4 is 5.32 Å². The minimum Gasteiger partial charge on any atom is -0.338 e. The van der Waals surface area contributed by atoms with Gasteiger partial charge in [0.2, 0.25) is 5.91 Å². The van der Waals surface area contributed by atoms with Crippen molar-refractivity contribution >= 4 is 17.7 Å². The first kappa shape index (κ1) is 12.2. The predicted octanol–water partition coefficient (Wildman–Crippen LogP) is 1.34. The molecule has 2 aliphatic heterocycles. The third-order valence-electron chi connectivity index (χ3n) is 4.00. The summed E-state index contributed by atoms with van der Waals surface area (Å²) in [6.45, 7) is 7.13. The number of carbonyl (C=O) groups is 1. The van der Waals surface area contributed by atoms with Crippen molar-refractivity contribution in [2.75, 3.05) is 31.1 Å². The minimum atomic E-state index is -0.101. The Hall–Kier alpha value is -0.220. The van der Waals surface area contributed by atoms with Crippen molar-refractivity contribution in [3.8, 4) is 0 Å². The van der Waals surface area contributed by atoms with E-state index in [-0.39, 0.29) is 5.41 Å². The van der Waals surface area contributed by atoms with E-state index in [0.29, 0.717) is 11.9 Å². The molecule has 0 saturated carbocycles. The summed E-state index contributed by atoms with van der Waals surface area (Å²) >= 11 is 1.96. The highest BCUT2D eigenvalue weighted by atomic mass is 32.2. The van der Waals surface area contributed by atoms with Crippen molar-refractivity contribution in [3.05, 3.63) is 0 Å². The Balaban J connectivity index is 2.10. The Morgan fingerprint density at radius 1 is 1.62 bits per heavy atom. The van der Waals surface area contributed by atoms with Crippen LogP contribution in [0.1, 0.15) is 26.7 Å². The van der Waals surface area contributed by atoms with Crippen molar-refractivity contribution < 1.29 is 4.79 Å². The highest BCUT2D eigenvalue weighted by molar-refractivity contribution is 7.99. The molecular formula is C12H22N2OS. The summed E-state index contributed by atoms with van der Waals surface area (Å²) in [6.07, 6.45) is 1.98. The highest BCUT2D eigenvalue weighted by Crippen LogP contribution is 2.33. The fraction of sp³-hybridized carbons (Fsp3) is 0.917. The molecule has 0 aliphatic carbocycles. The molecule has 4 heteroatoms. The molecule has 2 aliphatic rings. The molecular weight excluding hydrogens is 220 g/mol. The third-order valence-corrected chi connectivity index (χ3v) is 5.19. The maximum absolute atomic E-state index is 12.6. The van der Waals surface area contributed by atoms with Crippen molar-refractivity contribution in [2.45, 2.75) is 32.7 Å². The quantitative estimate of drug-likeness (QED) is 0.793. The summed E-state index contributed by atoms with van der Waals surface area (Å²) in [5.74, 6) is 2.59. The number of hydrogen-bond acceptors (Lipinski definition) is 3. The number of amides is 1. The highest BCUT2D eigenvalue weighted by Gasteiger charge is 2.43. The van der Waals surface area contributed by atoms with Gasteiger partial charge in [-0.05, 0) is 26.3 Å². The molecule has 2 fully saturated rings. The van der Waals surface area contributed by atoms with Crippen LogP contribution in [0.5, 0.6) is 0 Å². The van der Waals surface area contributed by atoms with Gasteiger partial charge in [-0.2, -0.15) is 11.8 Å². The number of thioether (sulfide) groups is 1. The Morgan fingerprint density at radius 2 is 2.44 bits per heavy atom. The second-order valence-electron chi connectivity index (χ2n) is 4.98. The van der Waals surface area contributed by atoms with E-state index < -0.39 is 0 Å². The lowest BCUT2D eigenvalue weighted by molar-refractivity contribution is -0.143. The lowest BCUT2D eigenvalue weighted by atomic mass is 9.82. The zero-order valence-corrected chi connectivity index (χ0v) is 11.1. The number of rotatable bonds is 2. The molecule has 0 aromatic heterocycles. The van der Waals surface area contributed by atoms with Gasteiger partial charge in [0.05, 0.1) is 5.41 Å². The predicted molar refractivity (Wildman–Crippen MR) is 68.7 cm³/mol. The topological polar surface area (TPSA) is 32.3 Å². The van der Waals surface area contributed by atoms with Gasteiger partial charge in [0, 0.05) is 30.6 Å². The van der Waals surface area contributed by atoms with Gasteiger partial charge in [-0.25, -0.2) is 0 Å². The number of carbonyl (C=O) groups excluding carboxylic acids is 1. The summed E-state index contributed by atoms with van der Waals surface area (Å²) in [4.78, 5) is 14.8. The van der Waals surface area contributed by atoms with Gasteiger partial charge < -0.3 is 10.2 Å². The van der Waals surface area contributed by atoms with E-state index in [1.165, 1.54) is 0 Å². The van der Waals surface area contributed by atoms with Crippen molar-refractivity contribution in [1.82, 2.24) is 10.2 Å². The molecule has 2 rings (SSSR count). The molecule has 0 bridgehead atoms. The summed E-state index contributed by atoms with van der Waals surface area (Å²) in [5, 5.41) is 3.35. The van der Waals surface area contributed by atoms with Crippen molar-refractivity contribution in [2.24, 2.45) is 5.41 Å². The zero-order valence-electron chi connectivity index (χ0n) is 10.3. The van der Waals surface area contributed by atoms with Crippen molar-refractivity contribution in [1.29, 1.82) is 0 Å². The zero-order chi connectivity index (χ0) is 11.6. The van der Waals surface area contributed by atoms with Crippen LogP contribution in [0, 0.1) is 5.41 Å². The molecule has 0 aromatic rings. The van der Waals surface area contributed by atoms with Crippen LogP contribution >= 0.6 is 11.8 Å². The maximum Gasteiger partial charge on any atom is 0.230 e. The average molecular weight is 242 g/mol. The van der Waals surface area contributed by atoms with Gasteiger partial charge in [-0.1, -0.05) is 6.92 Å². The molecule has 0 radical (unpaired) electrons. The van der Waals surface area contributed by atoms with Gasteiger partial charge >= 0.3 is 0 Å². The minimum absolute atomic E-state index is 0.101. The van der Waals surface area contributed by atoms with Crippen LogP contribution in [0.2, 0.25) is 0 Å². The van der Waals surface area contributed by atoms with Crippen LogP contribution in [0.4, 0.5) is 0 Å². The Kier molecular flexibility index (Phi) is 3.80. The van der Waals surface area contributed by atoms with Gasteiger partial charge in [0.1, 0.15) is 0 Å². The second kappa shape index (κ2) is 4.96.